The smallest absolute Gasteiger partial charge is 0.280 e. The van der Waals surface area contributed by atoms with Crippen LogP contribution in [0.1, 0.15) is 24.8 Å². The van der Waals surface area contributed by atoms with Gasteiger partial charge in [0, 0.05) is 18.1 Å². The highest BCUT2D eigenvalue weighted by Crippen LogP contribution is 2.33. The van der Waals surface area contributed by atoms with Gasteiger partial charge in [-0.25, -0.2) is 18.4 Å². The average Bonchev–Trinajstić information content (AvgIpc) is 3.48. The highest BCUT2D eigenvalue weighted by molar-refractivity contribution is 7.92. The predicted octanol–water partition coefficient (Wildman–Crippen LogP) is 1.64. The minimum absolute atomic E-state index is 0.0417. The van der Waals surface area contributed by atoms with E-state index in [0.717, 1.165) is 11.3 Å². The van der Waals surface area contributed by atoms with Crippen molar-refractivity contribution in [3.63, 3.8) is 0 Å². The maximum atomic E-state index is 13.2. The maximum Gasteiger partial charge on any atom is 0.280 e. The van der Waals surface area contributed by atoms with Crippen LogP contribution in [0, 0.1) is 0 Å². The number of anilines is 1. The van der Waals surface area contributed by atoms with E-state index >= 15 is 0 Å². The van der Waals surface area contributed by atoms with Gasteiger partial charge in [0.05, 0.1) is 23.4 Å². The standard InChI is InChI=1S/C23H23N5O7S2/c24-18(29)12-34-19-8-7-17-22(26-19)36-23(25-17)27-21(30)20(28-35-14-9-10-33-11-14)13-1-3-15(4-2-13)37(31,32)16-5-6-16/h1-4,7-8,14,16H,5-6,9-12H2,(H2,24,29)(H,25,27,30)/t14-/m1/s1. The third-order valence-corrected chi connectivity index (χ3v) is 8.79. The molecule has 2 aromatic heterocycles. The number of rotatable bonds is 10. The molecule has 1 aliphatic heterocycles. The first kappa shape index (κ1) is 25.0. The third-order valence-electron chi connectivity index (χ3n) is 5.63. The Bertz CT molecular complexity index is 1460. The molecule has 1 saturated carbocycles. The molecule has 12 nitrogen and oxygen atoms in total. The number of nitrogens with one attached hydrogen (secondary N) is 1. The Morgan fingerprint density at radius 1 is 1.14 bits per heavy atom. The van der Waals surface area contributed by atoms with Crippen LogP contribution in [-0.4, -0.2) is 67.1 Å². The zero-order valence-corrected chi connectivity index (χ0v) is 21.1. The lowest BCUT2D eigenvalue weighted by Gasteiger charge is -2.10. The van der Waals surface area contributed by atoms with E-state index in [4.69, 9.17) is 20.0 Å². The minimum Gasteiger partial charge on any atom is -0.468 e. The first-order valence-corrected chi connectivity index (χ1v) is 13.8. The average molecular weight is 546 g/mol. The van der Waals surface area contributed by atoms with Gasteiger partial charge in [-0.1, -0.05) is 28.6 Å². The van der Waals surface area contributed by atoms with Crippen molar-refractivity contribution in [1.29, 1.82) is 0 Å². The highest BCUT2D eigenvalue weighted by Gasteiger charge is 2.36. The van der Waals surface area contributed by atoms with Crippen LogP contribution in [-0.2, 0) is 29.0 Å². The van der Waals surface area contributed by atoms with Crippen molar-refractivity contribution < 1.29 is 32.3 Å². The summed E-state index contributed by atoms with van der Waals surface area (Å²) in [6.45, 7) is 0.591. The monoisotopic (exact) mass is 545 g/mol. The van der Waals surface area contributed by atoms with E-state index in [9.17, 15) is 18.0 Å². The molecule has 0 spiro atoms. The Hall–Kier alpha value is -3.62. The van der Waals surface area contributed by atoms with Crippen molar-refractivity contribution >= 4 is 54.2 Å². The molecule has 0 bridgehead atoms. The number of hydrogen-bond donors (Lipinski definition) is 2. The number of amides is 2. The SMILES string of the molecule is NC(=O)COc1ccc2nc(NC(=O)C(=NO[C@@H]3CCOC3)c3ccc(S(=O)(=O)C4CC4)cc3)sc2n1. The van der Waals surface area contributed by atoms with E-state index in [1.54, 1.807) is 6.07 Å². The summed E-state index contributed by atoms with van der Waals surface area (Å²) in [5, 5.41) is 6.71. The second-order valence-electron chi connectivity index (χ2n) is 8.50. The number of ether oxygens (including phenoxy) is 2. The van der Waals surface area contributed by atoms with Crippen LogP contribution in [0.5, 0.6) is 5.88 Å². The Morgan fingerprint density at radius 3 is 2.59 bits per heavy atom. The number of pyridine rings is 1. The summed E-state index contributed by atoms with van der Waals surface area (Å²) in [4.78, 5) is 39.0. The lowest BCUT2D eigenvalue weighted by atomic mass is 10.1. The number of benzene rings is 1. The molecule has 0 unspecified atom stereocenters. The number of sulfone groups is 1. The minimum atomic E-state index is -3.37. The van der Waals surface area contributed by atoms with Crippen LogP contribution < -0.4 is 15.8 Å². The zero-order valence-electron chi connectivity index (χ0n) is 19.5. The van der Waals surface area contributed by atoms with Crippen molar-refractivity contribution in [2.45, 2.75) is 35.5 Å². The van der Waals surface area contributed by atoms with E-state index < -0.39 is 21.7 Å². The van der Waals surface area contributed by atoms with Crippen molar-refractivity contribution in [2.24, 2.45) is 10.9 Å². The number of nitrogens with two attached hydrogens (primary N) is 1. The van der Waals surface area contributed by atoms with Crippen LogP contribution in [0.25, 0.3) is 10.3 Å². The summed E-state index contributed by atoms with van der Waals surface area (Å²) in [5.41, 5.74) is 5.94. The fraction of sp³-hybridized carbons (Fsp3) is 0.348. The number of carbonyl (C=O) groups excluding carboxylic acids is 2. The quantitative estimate of drug-likeness (QED) is 0.284. The second kappa shape index (κ2) is 10.4. The van der Waals surface area contributed by atoms with Crippen LogP contribution in [0.15, 0.2) is 46.4 Å². The van der Waals surface area contributed by atoms with Gasteiger partial charge in [0.15, 0.2) is 33.4 Å². The van der Waals surface area contributed by atoms with E-state index in [0.29, 0.717) is 48.4 Å². The molecule has 1 atom stereocenters. The highest BCUT2D eigenvalue weighted by atomic mass is 32.2. The van der Waals surface area contributed by atoms with Gasteiger partial charge >= 0.3 is 0 Å². The van der Waals surface area contributed by atoms with E-state index in [1.807, 2.05) is 0 Å². The van der Waals surface area contributed by atoms with Crippen molar-refractivity contribution in [3.8, 4) is 5.88 Å². The van der Waals surface area contributed by atoms with E-state index in [-0.39, 0.29) is 39.6 Å². The van der Waals surface area contributed by atoms with E-state index in [1.165, 1.54) is 30.3 Å². The summed E-state index contributed by atoms with van der Waals surface area (Å²) < 4.78 is 35.6. The number of aromatic nitrogens is 2. The molecule has 2 aliphatic rings. The van der Waals surface area contributed by atoms with Gasteiger partial charge in [-0.2, -0.15) is 0 Å². The number of hydrogen-bond acceptors (Lipinski definition) is 11. The van der Waals surface area contributed by atoms with Gasteiger partial charge in [0.1, 0.15) is 10.3 Å². The number of oxime groups is 1. The molecule has 5 rings (SSSR count). The number of nitrogens with zero attached hydrogens (tertiary/aromatic N) is 3. The Balaban J connectivity index is 1.37. The summed E-state index contributed by atoms with van der Waals surface area (Å²) in [7, 11) is -3.37. The summed E-state index contributed by atoms with van der Waals surface area (Å²) >= 11 is 1.10. The molecule has 14 heteroatoms. The van der Waals surface area contributed by atoms with Gasteiger partial charge < -0.3 is 20.0 Å². The Morgan fingerprint density at radius 2 is 1.92 bits per heavy atom. The molecule has 3 N–H and O–H groups in total. The van der Waals surface area contributed by atoms with Crippen LogP contribution >= 0.6 is 11.3 Å². The number of carbonyl (C=O) groups is 2. The first-order chi connectivity index (χ1) is 17.8. The molecule has 2 fully saturated rings. The summed E-state index contributed by atoms with van der Waals surface area (Å²) in [6.07, 6.45) is 1.67. The van der Waals surface area contributed by atoms with Gasteiger partial charge in [-0.3, -0.25) is 14.9 Å². The van der Waals surface area contributed by atoms with Crippen molar-refractivity contribution in [2.75, 3.05) is 25.1 Å². The normalized spacial score (nSPS) is 18.1. The number of primary amides is 1. The predicted molar refractivity (Wildman–Crippen MR) is 134 cm³/mol. The van der Waals surface area contributed by atoms with Gasteiger partial charge in [0.2, 0.25) is 5.88 Å². The van der Waals surface area contributed by atoms with Crippen molar-refractivity contribution in [3.05, 3.63) is 42.0 Å². The molecule has 194 valence electrons. The molecule has 3 heterocycles. The molecule has 3 aromatic rings. The summed E-state index contributed by atoms with van der Waals surface area (Å²) in [6, 6.07) is 9.19. The fourth-order valence-corrected chi connectivity index (χ4v) is 6.04. The number of fused-ring (bicyclic) bond motifs is 1. The van der Waals surface area contributed by atoms with Gasteiger partial charge in [-0.15, -0.1) is 0 Å². The molecule has 1 aromatic carbocycles. The third kappa shape index (κ3) is 5.87. The van der Waals surface area contributed by atoms with Crippen LogP contribution in [0.3, 0.4) is 0 Å². The lowest BCUT2D eigenvalue weighted by molar-refractivity contribution is -0.120. The second-order valence-corrected chi connectivity index (χ2v) is 11.7. The zero-order chi connectivity index (χ0) is 26.0. The molecular weight excluding hydrogens is 522 g/mol. The van der Waals surface area contributed by atoms with Gasteiger partial charge in [-0.05, 0) is 31.0 Å². The van der Waals surface area contributed by atoms with Crippen molar-refractivity contribution in [1.82, 2.24) is 9.97 Å². The van der Waals surface area contributed by atoms with Gasteiger partial charge in [0.25, 0.3) is 11.8 Å². The molecule has 37 heavy (non-hydrogen) atoms. The number of thiazole rings is 1. The topological polar surface area (TPSA) is 172 Å². The first-order valence-electron chi connectivity index (χ1n) is 11.5. The molecule has 2 amide bonds. The van der Waals surface area contributed by atoms with Crippen LogP contribution in [0.4, 0.5) is 5.13 Å². The fourth-order valence-electron chi connectivity index (χ4n) is 3.56. The van der Waals surface area contributed by atoms with E-state index in [2.05, 4.69) is 20.4 Å². The van der Waals surface area contributed by atoms with Crippen LogP contribution in [0.2, 0.25) is 0 Å². The largest absolute Gasteiger partial charge is 0.468 e. The molecule has 1 aliphatic carbocycles. The maximum absolute atomic E-state index is 13.2. The summed E-state index contributed by atoms with van der Waals surface area (Å²) in [5.74, 6) is -1.03. The Kier molecular flexibility index (Phi) is 7.04. The molecule has 0 radical (unpaired) electrons. The molecular formula is C23H23N5O7S2. The molecule has 1 saturated heterocycles. The lowest BCUT2D eigenvalue weighted by Crippen LogP contribution is -2.25. The Labute approximate surface area is 215 Å².